The molecule has 1 aliphatic carbocycles. The highest BCUT2D eigenvalue weighted by molar-refractivity contribution is 9.10. The van der Waals surface area contributed by atoms with Crippen molar-refractivity contribution < 1.29 is 4.74 Å². The molecule has 0 bridgehead atoms. The number of halogens is 1. The van der Waals surface area contributed by atoms with Crippen LogP contribution in [0.3, 0.4) is 0 Å². The van der Waals surface area contributed by atoms with Gasteiger partial charge in [-0.25, -0.2) is 4.68 Å². The highest BCUT2D eigenvalue weighted by Gasteiger charge is 2.44. The molecule has 0 amide bonds. The highest BCUT2D eigenvalue weighted by Crippen LogP contribution is 2.44. The minimum Gasteiger partial charge on any atom is -0.373 e. The summed E-state index contributed by atoms with van der Waals surface area (Å²) in [6, 6.07) is 0.101. The summed E-state index contributed by atoms with van der Waals surface area (Å²) in [5.74, 6) is 0.786. The fraction of sp³-hybridized carbons (Fsp3) is 0.857. The molecule has 0 saturated heterocycles. The molecule has 1 unspecified atom stereocenters. The van der Waals surface area contributed by atoms with Crippen molar-refractivity contribution in [2.24, 2.45) is 13.0 Å². The zero-order valence-electron chi connectivity index (χ0n) is 12.8. The molecular formula is C14H25BrN4O. The van der Waals surface area contributed by atoms with Gasteiger partial charge >= 0.3 is 0 Å². The second-order valence-electron chi connectivity index (χ2n) is 5.79. The van der Waals surface area contributed by atoms with Gasteiger partial charge in [-0.3, -0.25) is 0 Å². The van der Waals surface area contributed by atoms with Crippen molar-refractivity contribution in [3.8, 4) is 0 Å². The third kappa shape index (κ3) is 2.92. The van der Waals surface area contributed by atoms with E-state index in [1.807, 2.05) is 18.8 Å². The van der Waals surface area contributed by atoms with Crippen molar-refractivity contribution in [1.29, 1.82) is 0 Å². The number of aromatic nitrogens is 3. The van der Waals surface area contributed by atoms with E-state index in [0.29, 0.717) is 0 Å². The first kappa shape index (κ1) is 15.9. The van der Waals surface area contributed by atoms with Crippen LogP contribution < -0.4 is 5.32 Å². The van der Waals surface area contributed by atoms with Gasteiger partial charge in [-0.05, 0) is 61.5 Å². The van der Waals surface area contributed by atoms with E-state index < -0.39 is 0 Å². The summed E-state index contributed by atoms with van der Waals surface area (Å²) in [6.45, 7) is 5.13. The molecule has 0 radical (unpaired) electrons. The van der Waals surface area contributed by atoms with Gasteiger partial charge in [0, 0.05) is 13.7 Å². The minimum atomic E-state index is -0.159. The molecule has 114 valence electrons. The summed E-state index contributed by atoms with van der Waals surface area (Å²) in [5.41, 5.74) is 0.907. The van der Waals surface area contributed by atoms with Crippen molar-refractivity contribution in [1.82, 2.24) is 20.3 Å². The van der Waals surface area contributed by atoms with E-state index in [1.54, 1.807) is 0 Å². The number of likely N-dealkylation sites (N-methyl/N-ethyl adjacent to an activating group) is 1. The average Bonchev–Trinajstić information content (AvgIpc) is 2.75. The van der Waals surface area contributed by atoms with Crippen LogP contribution >= 0.6 is 15.9 Å². The van der Waals surface area contributed by atoms with Gasteiger partial charge in [0.25, 0.3) is 0 Å². The molecule has 0 aromatic carbocycles. The van der Waals surface area contributed by atoms with E-state index >= 15 is 0 Å². The lowest BCUT2D eigenvalue weighted by atomic mass is 9.74. The summed E-state index contributed by atoms with van der Waals surface area (Å²) >= 11 is 3.52. The molecule has 1 saturated carbocycles. The third-order valence-electron chi connectivity index (χ3n) is 4.47. The molecule has 1 atom stereocenters. The summed E-state index contributed by atoms with van der Waals surface area (Å²) in [5, 5.41) is 11.7. The molecule has 1 aromatic rings. The van der Waals surface area contributed by atoms with Crippen LogP contribution in [0.15, 0.2) is 4.60 Å². The van der Waals surface area contributed by atoms with Gasteiger partial charge in [0.15, 0.2) is 4.60 Å². The number of aryl methyl sites for hydroxylation is 1. The molecule has 5 nitrogen and oxygen atoms in total. The van der Waals surface area contributed by atoms with E-state index in [9.17, 15) is 0 Å². The number of nitrogens with one attached hydrogen (secondary N) is 1. The summed E-state index contributed by atoms with van der Waals surface area (Å²) in [6.07, 6.45) is 4.57. The van der Waals surface area contributed by atoms with Crippen LogP contribution in [0.4, 0.5) is 0 Å². The average molecular weight is 345 g/mol. The van der Waals surface area contributed by atoms with E-state index in [4.69, 9.17) is 4.74 Å². The fourth-order valence-electron chi connectivity index (χ4n) is 3.35. The van der Waals surface area contributed by atoms with Crippen molar-refractivity contribution in [3.05, 3.63) is 10.3 Å². The number of rotatable bonds is 5. The standard InChI is InChI=1S/C14H25BrN4O/c1-5-20-14(8-6-10(2)7-9-14)12(16-3)11-13(15)17-18-19(11)4/h10,12,16H,5-9H2,1-4H3. The van der Waals surface area contributed by atoms with Gasteiger partial charge < -0.3 is 10.1 Å². The Bertz CT molecular complexity index is 421. The van der Waals surface area contributed by atoms with Crippen LogP contribution in [0.2, 0.25) is 0 Å². The fourth-order valence-corrected chi connectivity index (χ4v) is 3.91. The first-order valence-electron chi connectivity index (χ1n) is 7.40. The molecule has 1 aliphatic rings. The topological polar surface area (TPSA) is 52.0 Å². The van der Waals surface area contributed by atoms with Gasteiger partial charge in [0.1, 0.15) is 0 Å². The lowest BCUT2D eigenvalue weighted by Gasteiger charge is -2.44. The maximum absolute atomic E-state index is 6.25. The van der Waals surface area contributed by atoms with Gasteiger partial charge in [0.05, 0.1) is 17.3 Å². The molecular weight excluding hydrogens is 320 g/mol. The Morgan fingerprint density at radius 3 is 2.60 bits per heavy atom. The molecule has 2 rings (SSSR count). The second-order valence-corrected chi connectivity index (χ2v) is 6.54. The van der Waals surface area contributed by atoms with E-state index in [2.05, 4.69) is 45.4 Å². The maximum Gasteiger partial charge on any atom is 0.153 e. The zero-order chi connectivity index (χ0) is 14.8. The monoisotopic (exact) mass is 344 g/mol. The number of hydrogen-bond donors (Lipinski definition) is 1. The molecule has 6 heteroatoms. The Labute approximate surface area is 129 Å². The third-order valence-corrected chi connectivity index (χ3v) is 5.03. The summed E-state index contributed by atoms with van der Waals surface area (Å²) in [7, 11) is 3.92. The Balaban J connectivity index is 2.35. The van der Waals surface area contributed by atoms with Gasteiger partial charge in [-0.1, -0.05) is 12.1 Å². The molecule has 1 N–H and O–H groups in total. The van der Waals surface area contributed by atoms with Gasteiger partial charge in [0.2, 0.25) is 0 Å². The SMILES string of the molecule is CCOC1(C(NC)c2c(Br)nnn2C)CCC(C)CC1. The van der Waals surface area contributed by atoms with E-state index in [1.165, 1.54) is 12.8 Å². The van der Waals surface area contributed by atoms with Crippen LogP contribution in [-0.4, -0.2) is 34.2 Å². The lowest BCUT2D eigenvalue weighted by Crippen LogP contribution is -2.48. The zero-order valence-corrected chi connectivity index (χ0v) is 14.4. The van der Waals surface area contributed by atoms with Crippen LogP contribution in [0.25, 0.3) is 0 Å². The normalized spacial score (nSPS) is 28.6. The summed E-state index contributed by atoms with van der Waals surface area (Å²) < 4.78 is 8.89. The lowest BCUT2D eigenvalue weighted by molar-refractivity contribution is -0.0978. The van der Waals surface area contributed by atoms with Crippen LogP contribution in [0, 0.1) is 5.92 Å². The first-order chi connectivity index (χ1) is 9.54. The molecule has 0 spiro atoms. The van der Waals surface area contributed by atoms with E-state index in [-0.39, 0.29) is 11.6 Å². The number of hydrogen-bond acceptors (Lipinski definition) is 4. The largest absolute Gasteiger partial charge is 0.373 e. The van der Waals surface area contributed by atoms with Crippen molar-refractivity contribution in [2.45, 2.75) is 51.2 Å². The van der Waals surface area contributed by atoms with Gasteiger partial charge in [-0.15, -0.1) is 5.10 Å². The quantitative estimate of drug-likeness (QED) is 0.892. The Morgan fingerprint density at radius 1 is 1.50 bits per heavy atom. The Morgan fingerprint density at radius 2 is 2.15 bits per heavy atom. The molecule has 1 heterocycles. The van der Waals surface area contributed by atoms with Crippen LogP contribution in [0.5, 0.6) is 0 Å². The Hall–Kier alpha value is -0.460. The smallest absolute Gasteiger partial charge is 0.153 e. The second kappa shape index (κ2) is 6.54. The highest BCUT2D eigenvalue weighted by atomic mass is 79.9. The Kier molecular flexibility index (Phi) is 5.20. The minimum absolute atomic E-state index is 0.101. The van der Waals surface area contributed by atoms with Crippen molar-refractivity contribution in [3.63, 3.8) is 0 Å². The molecule has 0 aliphatic heterocycles. The van der Waals surface area contributed by atoms with Gasteiger partial charge in [-0.2, -0.15) is 0 Å². The predicted octanol–water partition coefficient (Wildman–Crippen LogP) is 2.82. The molecule has 1 aromatic heterocycles. The van der Waals surface area contributed by atoms with Crippen molar-refractivity contribution in [2.75, 3.05) is 13.7 Å². The number of ether oxygens (including phenoxy) is 1. The molecule has 20 heavy (non-hydrogen) atoms. The van der Waals surface area contributed by atoms with E-state index in [0.717, 1.165) is 35.7 Å². The van der Waals surface area contributed by atoms with Crippen LogP contribution in [0.1, 0.15) is 51.3 Å². The number of nitrogens with zero attached hydrogens (tertiary/aromatic N) is 3. The maximum atomic E-state index is 6.25. The molecule has 1 fully saturated rings. The van der Waals surface area contributed by atoms with Crippen molar-refractivity contribution >= 4 is 15.9 Å². The summed E-state index contributed by atoms with van der Waals surface area (Å²) in [4.78, 5) is 0. The predicted molar refractivity (Wildman–Crippen MR) is 82.5 cm³/mol. The first-order valence-corrected chi connectivity index (χ1v) is 8.19. The van der Waals surface area contributed by atoms with Crippen LogP contribution in [-0.2, 0) is 11.8 Å².